The van der Waals surface area contributed by atoms with E-state index in [2.05, 4.69) is 9.97 Å². The van der Waals surface area contributed by atoms with Gasteiger partial charge in [-0.25, -0.2) is 4.98 Å². The highest BCUT2D eigenvalue weighted by atomic mass is 16.3. The molecule has 4 heteroatoms. The molecule has 0 aliphatic heterocycles. The lowest BCUT2D eigenvalue weighted by atomic mass is 10.0. The monoisotopic (exact) mass is 155 g/mol. The van der Waals surface area contributed by atoms with Gasteiger partial charge in [0.1, 0.15) is 6.23 Å². The minimum absolute atomic E-state index is 0.209. The van der Waals surface area contributed by atoms with Crippen molar-refractivity contribution >= 4 is 0 Å². The van der Waals surface area contributed by atoms with Gasteiger partial charge in [0.2, 0.25) is 0 Å². The molecule has 0 amide bonds. The summed E-state index contributed by atoms with van der Waals surface area (Å²) in [4.78, 5) is 6.90. The molecule has 0 fully saturated rings. The lowest BCUT2D eigenvalue weighted by Crippen LogP contribution is -2.20. The molecule has 2 atom stereocenters. The second-order valence-electron chi connectivity index (χ2n) is 2.70. The molecular weight excluding hydrogens is 142 g/mol. The van der Waals surface area contributed by atoms with Gasteiger partial charge in [-0.1, -0.05) is 6.92 Å². The summed E-state index contributed by atoms with van der Waals surface area (Å²) >= 11 is 0. The van der Waals surface area contributed by atoms with Gasteiger partial charge in [0, 0.05) is 12.1 Å². The van der Waals surface area contributed by atoms with E-state index in [0.717, 1.165) is 5.69 Å². The first-order valence-corrected chi connectivity index (χ1v) is 3.62. The number of aliphatic hydroxyl groups excluding tert-OH is 1. The molecule has 0 saturated heterocycles. The van der Waals surface area contributed by atoms with Crippen molar-refractivity contribution in [1.82, 2.24) is 9.97 Å². The van der Waals surface area contributed by atoms with Crippen LogP contribution in [0.2, 0.25) is 0 Å². The average Bonchev–Trinajstić information content (AvgIpc) is 2.35. The lowest BCUT2D eigenvalue weighted by molar-refractivity contribution is 0.164. The van der Waals surface area contributed by atoms with Gasteiger partial charge in [0.25, 0.3) is 0 Å². The van der Waals surface area contributed by atoms with Gasteiger partial charge in [0.05, 0.1) is 12.0 Å². The van der Waals surface area contributed by atoms with Crippen molar-refractivity contribution in [2.45, 2.75) is 25.5 Å². The lowest BCUT2D eigenvalue weighted by Gasteiger charge is -2.09. The zero-order valence-corrected chi connectivity index (χ0v) is 6.49. The maximum absolute atomic E-state index is 8.86. The van der Waals surface area contributed by atoms with Crippen LogP contribution in [0.25, 0.3) is 0 Å². The molecule has 62 valence electrons. The van der Waals surface area contributed by atoms with Crippen LogP contribution in [-0.2, 0) is 0 Å². The SMILES string of the molecule is CC(CC(N)O)c1c[nH]cn1. The van der Waals surface area contributed by atoms with E-state index in [1.807, 2.05) is 13.1 Å². The summed E-state index contributed by atoms with van der Waals surface area (Å²) < 4.78 is 0. The molecule has 11 heavy (non-hydrogen) atoms. The van der Waals surface area contributed by atoms with E-state index in [4.69, 9.17) is 10.8 Å². The molecule has 0 aliphatic rings. The number of nitrogens with one attached hydrogen (secondary N) is 1. The third kappa shape index (κ3) is 2.32. The Morgan fingerprint density at radius 2 is 2.55 bits per heavy atom. The van der Waals surface area contributed by atoms with E-state index in [0.29, 0.717) is 6.42 Å². The zero-order valence-electron chi connectivity index (χ0n) is 6.49. The summed E-state index contributed by atoms with van der Waals surface area (Å²) in [6.07, 6.45) is 3.23. The van der Waals surface area contributed by atoms with Gasteiger partial charge >= 0.3 is 0 Å². The highest BCUT2D eigenvalue weighted by molar-refractivity contribution is 5.01. The molecule has 0 aromatic carbocycles. The molecule has 4 nitrogen and oxygen atoms in total. The maximum atomic E-state index is 8.86. The Kier molecular flexibility index (Phi) is 2.62. The predicted octanol–water partition coefficient (Wildman–Crippen LogP) is 0.180. The predicted molar refractivity (Wildman–Crippen MR) is 41.8 cm³/mol. The Balaban J connectivity index is 2.49. The van der Waals surface area contributed by atoms with Crippen LogP contribution in [0.4, 0.5) is 0 Å². The van der Waals surface area contributed by atoms with Gasteiger partial charge in [-0.2, -0.15) is 0 Å². The van der Waals surface area contributed by atoms with Crippen molar-refractivity contribution in [3.8, 4) is 0 Å². The number of imidazole rings is 1. The van der Waals surface area contributed by atoms with E-state index < -0.39 is 6.23 Å². The molecule has 0 radical (unpaired) electrons. The molecule has 0 spiro atoms. The second kappa shape index (κ2) is 3.50. The van der Waals surface area contributed by atoms with Crippen molar-refractivity contribution in [2.24, 2.45) is 5.73 Å². The Bertz CT molecular complexity index is 195. The van der Waals surface area contributed by atoms with Gasteiger partial charge in [-0.15, -0.1) is 0 Å². The number of aromatic nitrogens is 2. The van der Waals surface area contributed by atoms with E-state index in [1.54, 1.807) is 6.33 Å². The number of nitrogens with zero attached hydrogens (tertiary/aromatic N) is 1. The summed E-state index contributed by atoms with van der Waals surface area (Å²) in [5.74, 6) is 0.209. The molecule has 1 aromatic rings. The number of H-pyrrole nitrogens is 1. The summed E-state index contributed by atoms with van der Waals surface area (Å²) in [6.45, 7) is 1.98. The standard InChI is InChI=1S/C7H13N3O/c1-5(2-7(8)11)6-3-9-4-10-6/h3-5,7,11H,2,8H2,1H3,(H,9,10). The molecule has 4 N–H and O–H groups in total. The van der Waals surface area contributed by atoms with E-state index >= 15 is 0 Å². The fourth-order valence-corrected chi connectivity index (χ4v) is 1.02. The maximum Gasteiger partial charge on any atom is 0.103 e. The minimum atomic E-state index is -0.748. The smallest absolute Gasteiger partial charge is 0.103 e. The quantitative estimate of drug-likeness (QED) is 0.545. The normalized spacial score (nSPS) is 16.3. The summed E-state index contributed by atoms with van der Waals surface area (Å²) in [5.41, 5.74) is 6.16. The Morgan fingerprint density at radius 1 is 1.82 bits per heavy atom. The number of aromatic amines is 1. The fraction of sp³-hybridized carbons (Fsp3) is 0.571. The van der Waals surface area contributed by atoms with Gasteiger partial charge in [0.15, 0.2) is 0 Å². The highest BCUT2D eigenvalue weighted by Gasteiger charge is 2.09. The molecule has 2 unspecified atom stereocenters. The van der Waals surface area contributed by atoms with E-state index in [9.17, 15) is 0 Å². The van der Waals surface area contributed by atoms with Crippen molar-refractivity contribution in [3.63, 3.8) is 0 Å². The Morgan fingerprint density at radius 3 is 3.00 bits per heavy atom. The number of hydrogen-bond donors (Lipinski definition) is 3. The van der Waals surface area contributed by atoms with Crippen LogP contribution in [0.5, 0.6) is 0 Å². The number of hydrogen-bond acceptors (Lipinski definition) is 3. The first-order valence-electron chi connectivity index (χ1n) is 3.62. The Labute approximate surface area is 65.5 Å². The summed E-state index contributed by atoms with van der Waals surface area (Å²) in [5, 5.41) is 8.86. The van der Waals surface area contributed by atoms with Crippen LogP contribution in [0.3, 0.4) is 0 Å². The highest BCUT2D eigenvalue weighted by Crippen LogP contribution is 2.15. The summed E-state index contributed by atoms with van der Waals surface area (Å²) in [7, 11) is 0. The molecule has 1 heterocycles. The second-order valence-corrected chi connectivity index (χ2v) is 2.70. The van der Waals surface area contributed by atoms with Crippen molar-refractivity contribution < 1.29 is 5.11 Å². The van der Waals surface area contributed by atoms with Crippen molar-refractivity contribution in [1.29, 1.82) is 0 Å². The third-order valence-corrected chi connectivity index (χ3v) is 1.62. The van der Waals surface area contributed by atoms with Gasteiger partial charge < -0.3 is 15.8 Å². The van der Waals surface area contributed by atoms with Crippen molar-refractivity contribution in [3.05, 3.63) is 18.2 Å². The molecule has 1 rings (SSSR count). The molecule has 0 aliphatic carbocycles. The number of aliphatic hydroxyl groups is 1. The third-order valence-electron chi connectivity index (χ3n) is 1.62. The molecule has 0 bridgehead atoms. The van der Waals surface area contributed by atoms with Crippen LogP contribution in [0.15, 0.2) is 12.5 Å². The van der Waals surface area contributed by atoms with Crippen LogP contribution in [0, 0.1) is 0 Å². The molecule has 0 saturated carbocycles. The zero-order chi connectivity index (χ0) is 8.27. The molecule has 1 aromatic heterocycles. The van der Waals surface area contributed by atoms with E-state index in [1.165, 1.54) is 0 Å². The van der Waals surface area contributed by atoms with Crippen LogP contribution in [0.1, 0.15) is 25.0 Å². The largest absolute Gasteiger partial charge is 0.379 e. The fourth-order valence-electron chi connectivity index (χ4n) is 1.02. The van der Waals surface area contributed by atoms with Crippen LogP contribution in [-0.4, -0.2) is 21.3 Å². The van der Waals surface area contributed by atoms with Crippen LogP contribution < -0.4 is 5.73 Å². The number of rotatable bonds is 3. The Hall–Kier alpha value is -0.870. The topological polar surface area (TPSA) is 74.9 Å². The van der Waals surface area contributed by atoms with Gasteiger partial charge in [-0.3, -0.25) is 0 Å². The minimum Gasteiger partial charge on any atom is -0.379 e. The first-order chi connectivity index (χ1) is 5.20. The van der Waals surface area contributed by atoms with Gasteiger partial charge in [-0.05, 0) is 6.42 Å². The van der Waals surface area contributed by atoms with E-state index in [-0.39, 0.29) is 5.92 Å². The number of nitrogens with two attached hydrogens (primary N) is 1. The van der Waals surface area contributed by atoms with Crippen molar-refractivity contribution in [2.75, 3.05) is 0 Å². The average molecular weight is 155 g/mol. The first kappa shape index (κ1) is 8.23. The summed E-state index contributed by atoms with van der Waals surface area (Å²) in [6, 6.07) is 0. The van der Waals surface area contributed by atoms with Crippen LogP contribution >= 0.6 is 0 Å². The molecular formula is C7H13N3O.